The van der Waals surface area contributed by atoms with Crippen molar-refractivity contribution in [3.63, 3.8) is 0 Å². The lowest BCUT2D eigenvalue weighted by molar-refractivity contribution is -0.182. The number of aryl methyl sites for hydroxylation is 1. The second-order valence-electron chi connectivity index (χ2n) is 22.8. The van der Waals surface area contributed by atoms with Crippen LogP contribution in [0.3, 0.4) is 0 Å². The molecule has 2 heterocycles. The van der Waals surface area contributed by atoms with Gasteiger partial charge in [-0.1, -0.05) is 70.2 Å². The van der Waals surface area contributed by atoms with Gasteiger partial charge >= 0.3 is 0 Å². The Kier molecular flexibility index (Phi) is 12.9. The first kappa shape index (κ1) is 48.7. The minimum absolute atomic E-state index is 0.00265. The van der Waals surface area contributed by atoms with Gasteiger partial charge < -0.3 is 46.7 Å². The van der Waals surface area contributed by atoms with Gasteiger partial charge in [-0.05, 0) is 163 Å². The van der Waals surface area contributed by atoms with Gasteiger partial charge in [0.15, 0.2) is 23.1 Å². The fourth-order valence-corrected chi connectivity index (χ4v) is 18.1. The van der Waals surface area contributed by atoms with Crippen molar-refractivity contribution in [1.29, 1.82) is 0 Å². The summed E-state index contributed by atoms with van der Waals surface area (Å²) in [6.45, 7) is -0.00802. The van der Waals surface area contributed by atoms with E-state index in [0.717, 1.165) is 90.6 Å². The van der Waals surface area contributed by atoms with Crippen molar-refractivity contribution < 1.29 is 39.9 Å². The molecule has 4 aromatic rings. The van der Waals surface area contributed by atoms with Crippen LogP contribution in [-0.2, 0) is 29.8 Å². The standard InChI is InChI=1S/C58H67N3O8S2/c59-53(60)43-23-37-3-1-4-47-41(12-19-61-47)50(66)25-44-42(37)24-38(43)30-70-71-34-55-26-39-27-56-14-2-15-57(56,32-58(68,33-62)18-17-56)28-46(39)54(31-55,29-52(55)67)16-11-40(63)8-5-35-7-10-49(65)51(22-35)69-20-13-36-6-9-48(64)45(44)21-36/h6-7,9-12,16,19,21-24,39,44,46,52-53,61-62,64-65,67-68H,2,4-5,8,13-15,17-18,20,25-34,59-60H2. The maximum atomic E-state index is 14.3. The van der Waals surface area contributed by atoms with Crippen LogP contribution in [0.25, 0.3) is 0 Å². The summed E-state index contributed by atoms with van der Waals surface area (Å²) in [6.07, 6.45) is 15.6. The van der Waals surface area contributed by atoms with Gasteiger partial charge in [0.2, 0.25) is 0 Å². The number of carbonyl (C=O) groups excluding carboxylic acids is 2. The molecule has 10 N–H and O–H groups in total. The monoisotopic (exact) mass is 997 g/mol. The molecule has 13 heteroatoms. The average Bonchev–Trinajstić information content (AvgIpc) is 4.04. The van der Waals surface area contributed by atoms with Crippen LogP contribution in [0.4, 0.5) is 0 Å². The van der Waals surface area contributed by atoms with Crippen LogP contribution in [0, 0.1) is 45.3 Å². The molecule has 374 valence electrons. The van der Waals surface area contributed by atoms with Gasteiger partial charge in [-0.25, -0.2) is 0 Å². The fourth-order valence-electron chi connectivity index (χ4n) is 15.4. The third-order valence-corrected chi connectivity index (χ3v) is 21.3. The van der Waals surface area contributed by atoms with Crippen molar-refractivity contribution in [2.24, 2.45) is 45.0 Å². The van der Waals surface area contributed by atoms with E-state index in [1.807, 2.05) is 24.3 Å². The van der Waals surface area contributed by atoms with Gasteiger partial charge in [-0.2, -0.15) is 0 Å². The zero-order valence-corrected chi connectivity index (χ0v) is 42.0. The van der Waals surface area contributed by atoms with Gasteiger partial charge in [-0.15, -0.1) is 0 Å². The number of Topliss-reactive ketones (excluding diaryl/α,β-unsaturated/α-hetero) is 1. The third kappa shape index (κ3) is 8.77. The van der Waals surface area contributed by atoms with E-state index < -0.39 is 29.2 Å². The smallest absolute Gasteiger partial charge is 0.165 e. The highest BCUT2D eigenvalue weighted by Crippen LogP contribution is 2.77. The van der Waals surface area contributed by atoms with Crippen molar-refractivity contribution in [3.8, 4) is 29.1 Å². The van der Waals surface area contributed by atoms with Crippen molar-refractivity contribution in [1.82, 2.24) is 4.98 Å². The minimum atomic E-state index is -1.08. The molecule has 1 aliphatic heterocycles. The zero-order valence-electron chi connectivity index (χ0n) is 40.4. The number of aliphatic hydroxyl groups excluding tert-OH is 2. The van der Waals surface area contributed by atoms with Crippen LogP contribution >= 0.6 is 21.6 Å². The van der Waals surface area contributed by atoms with Crippen LogP contribution in [0.1, 0.15) is 151 Å². The molecule has 7 aliphatic rings. The predicted octanol–water partition coefficient (Wildman–Crippen LogP) is 8.85. The number of benzene rings is 3. The van der Waals surface area contributed by atoms with Gasteiger partial charge in [-0.3, -0.25) is 9.59 Å². The number of ketones is 2. The summed E-state index contributed by atoms with van der Waals surface area (Å²) < 4.78 is 6.21. The number of rotatable bonds is 2. The highest BCUT2D eigenvalue weighted by molar-refractivity contribution is 8.76. The lowest BCUT2D eigenvalue weighted by Gasteiger charge is -2.64. The third-order valence-electron chi connectivity index (χ3n) is 18.8. The summed E-state index contributed by atoms with van der Waals surface area (Å²) in [5.74, 6) is 8.29. The fraction of sp³-hybridized carbons (Fsp3) is 0.517. The molecule has 71 heavy (non-hydrogen) atoms. The molecular weight excluding hydrogens is 931 g/mol. The van der Waals surface area contributed by atoms with E-state index in [2.05, 4.69) is 29.0 Å². The van der Waals surface area contributed by atoms with Crippen LogP contribution in [0.15, 0.2) is 72.9 Å². The predicted molar refractivity (Wildman–Crippen MR) is 277 cm³/mol. The lowest BCUT2D eigenvalue weighted by atomic mass is 9.41. The van der Waals surface area contributed by atoms with Gasteiger partial charge in [0.05, 0.1) is 37.5 Å². The maximum Gasteiger partial charge on any atom is 0.165 e. The number of aromatic nitrogens is 1. The summed E-state index contributed by atoms with van der Waals surface area (Å²) in [4.78, 5) is 31.5. The number of phenols is 2. The quantitative estimate of drug-likeness (QED) is 0.0538. The average molecular weight is 998 g/mol. The van der Waals surface area contributed by atoms with E-state index in [0.29, 0.717) is 72.6 Å². The number of carbonyl (C=O) groups is 2. The van der Waals surface area contributed by atoms with Crippen LogP contribution in [0.2, 0.25) is 0 Å². The Morgan fingerprint density at radius 1 is 0.859 bits per heavy atom. The Balaban J connectivity index is 0.978. The Labute approximate surface area is 424 Å². The van der Waals surface area contributed by atoms with Gasteiger partial charge in [0, 0.05) is 70.7 Å². The van der Waals surface area contributed by atoms with Crippen molar-refractivity contribution >= 4 is 33.2 Å². The van der Waals surface area contributed by atoms with Gasteiger partial charge in [0.1, 0.15) is 5.75 Å². The largest absolute Gasteiger partial charge is 0.508 e. The maximum absolute atomic E-state index is 14.3. The molecule has 0 radical (unpaired) electrons. The summed E-state index contributed by atoms with van der Waals surface area (Å²) in [5.41, 5.74) is 18.1. The number of nitrogens with one attached hydrogen (secondary N) is 1. The molecule has 5 fully saturated rings. The molecule has 5 saturated carbocycles. The second-order valence-corrected chi connectivity index (χ2v) is 25.2. The molecule has 0 amide bonds. The molecule has 0 saturated heterocycles. The highest BCUT2D eigenvalue weighted by Gasteiger charge is 2.70. The van der Waals surface area contributed by atoms with E-state index in [-0.39, 0.29) is 71.3 Å². The molecule has 11 nitrogen and oxygen atoms in total. The minimum Gasteiger partial charge on any atom is -0.508 e. The number of allylic oxidation sites excluding steroid dienone is 2. The number of phenolic OH excluding ortho intramolecular Hbond substituents is 2. The van der Waals surface area contributed by atoms with E-state index in [9.17, 15) is 35.1 Å². The van der Waals surface area contributed by atoms with Gasteiger partial charge in [0.25, 0.3) is 0 Å². The SMILES string of the molecule is NC(N)c1cc2c3cc1CSSCC14CC5CC67CCCC6(CC5C(C=CC(=O)CCc5ccc(O)c(c5)OCCc5ccc(O)c(c5)C3CC(=O)c3cc[nH]c3CC#C2)(CC1O)C4)CC(O)(CO)CC7. The highest BCUT2D eigenvalue weighted by atomic mass is 33.1. The molecule has 8 bridgehead atoms. The summed E-state index contributed by atoms with van der Waals surface area (Å²) in [7, 11) is 3.47. The number of hydrogen-bond acceptors (Lipinski definition) is 12. The van der Waals surface area contributed by atoms with Crippen molar-refractivity contribution in [3.05, 3.63) is 123 Å². The molecule has 6 aliphatic carbocycles. The van der Waals surface area contributed by atoms with Crippen molar-refractivity contribution in [2.75, 3.05) is 19.0 Å². The normalized spacial score (nSPS) is 33.8. The second kappa shape index (κ2) is 18.8. The first-order valence-electron chi connectivity index (χ1n) is 25.8. The summed E-state index contributed by atoms with van der Waals surface area (Å²) in [5, 5.41) is 57.2. The van der Waals surface area contributed by atoms with E-state index in [4.69, 9.17) is 16.2 Å². The number of ether oxygens (including phenoxy) is 1. The van der Waals surface area contributed by atoms with Crippen LogP contribution in [-0.4, -0.2) is 72.8 Å². The number of fused-ring (bicyclic) bond motifs is 8. The van der Waals surface area contributed by atoms with Crippen LogP contribution < -0.4 is 16.2 Å². The Bertz CT molecular complexity index is 2850. The molecule has 9 atom stereocenters. The number of aromatic amines is 1. The number of nitrogens with two attached hydrogens (primary N) is 2. The number of H-pyrrole nitrogens is 1. The molecule has 3 aromatic carbocycles. The number of hydrogen-bond donors (Lipinski definition) is 8. The number of aromatic hydroxyl groups is 2. The first-order chi connectivity index (χ1) is 34.1. The lowest BCUT2D eigenvalue weighted by Crippen LogP contribution is -2.59. The summed E-state index contributed by atoms with van der Waals surface area (Å²) in [6, 6.07) is 16.5. The van der Waals surface area contributed by atoms with Crippen LogP contribution in [0.5, 0.6) is 17.2 Å². The molecule has 1 aromatic heterocycles. The zero-order chi connectivity index (χ0) is 49.3. The Morgan fingerprint density at radius 3 is 2.51 bits per heavy atom. The Hall–Kier alpha value is -4.52. The van der Waals surface area contributed by atoms with E-state index in [1.54, 1.807) is 58.1 Å². The number of aliphatic hydroxyl groups is 3. The molecule has 11 rings (SSSR count). The van der Waals surface area contributed by atoms with Crippen molar-refractivity contribution in [2.45, 2.75) is 132 Å². The molecule has 9 unspecified atom stereocenters. The summed E-state index contributed by atoms with van der Waals surface area (Å²) >= 11 is 0. The van der Waals surface area contributed by atoms with E-state index in [1.165, 1.54) is 0 Å². The topological polar surface area (TPSA) is 212 Å². The first-order valence-corrected chi connectivity index (χ1v) is 28.2. The Morgan fingerprint density at radius 2 is 1.68 bits per heavy atom. The van der Waals surface area contributed by atoms with E-state index >= 15 is 0 Å². The molecule has 0 spiro atoms. The molecular formula is C58H67N3O8S2.